The summed E-state index contributed by atoms with van der Waals surface area (Å²) in [5.41, 5.74) is 19.8. The van der Waals surface area contributed by atoms with Crippen molar-refractivity contribution in [2.24, 2.45) is 0 Å². The molecule has 4 heterocycles. The third kappa shape index (κ3) is 7.08. The van der Waals surface area contributed by atoms with Gasteiger partial charge in [-0.25, -0.2) is 9.97 Å². The predicted molar refractivity (Wildman–Crippen MR) is 312 cm³/mol. The number of benzene rings is 11. The Bertz CT molecular complexity index is 4610. The summed E-state index contributed by atoms with van der Waals surface area (Å²) in [6.45, 7) is 0. The van der Waals surface area contributed by atoms with Crippen LogP contribution in [-0.2, 0) is 0 Å². The molecule has 4 aromatic heterocycles. The first-order valence-electron chi connectivity index (χ1n) is 25.6. The molecule has 15 rings (SSSR count). The van der Waals surface area contributed by atoms with Gasteiger partial charge in [-0.15, -0.1) is 0 Å². The van der Waals surface area contributed by atoms with Crippen LogP contribution in [0, 0.1) is 0 Å². The molecule has 0 radical (unpaired) electrons. The minimum atomic E-state index is 0.677. The van der Waals surface area contributed by atoms with Crippen LogP contribution in [0.4, 0.5) is 0 Å². The van der Waals surface area contributed by atoms with E-state index >= 15 is 0 Å². The SMILES string of the molecule is c1ccc(-c2ccc(-c3cc(-c4ccccc4)nc(-c4ccc(-n5c6ccc(-c7ccc8c(c7)c7ccccc7n8-c7ccccc7)cc6c6cc(-n7c8ccccc8c8ccccc87)ccc65)cc4)n3)cc2)cc1. The molecule has 5 heteroatoms. The number of rotatable bonds is 8. The Kier molecular flexibility index (Phi) is 9.82. The molecule has 0 spiro atoms. The fourth-order valence-electron chi connectivity index (χ4n) is 11.5. The molecule has 0 saturated carbocycles. The molecule has 0 N–H and O–H groups in total. The summed E-state index contributed by atoms with van der Waals surface area (Å²) in [7, 11) is 0. The molecule has 0 aliphatic rings. The van der Waals surface area contributed by atoms with E-state index in [-0.39, 0.29) is 0 Å². The molecule has 75 heavy (non-hydrogen) atoms. The normalized spacial score (nSPS) is 11.7. The van der Waals surface area contributed by atoms with Crippen molar-refractivity contribution in [3.63, 3.8) is 0 Å². The molecular formula is C70H45N5. The highest BCUT2D eigenvalue weighted by Gasteiger charge is 2.20. The second-order valence-corrected chi connectivity index (χ2v) is 19.4. The Balaban J connectivity index is 0.884. The van der Waals surface area contributed by atoms with Crippen molar-refractivity contribution in [3.8, 4) is 73.2 Å². The Morgan fingerprint density at radius 1 is 0.200 bits per heavy atom. The van der Waals surface area contributed by atoms with Crippen LogP contribution in [0.2, 0.25) is 0 Å². The average Bonchev–Trinajstić information content (AvgIpc) is 4.13. The number of para-hydroxylation sites is 4. The van der Waals surface area contributed by atoms with Crippen LogP contribution in [0.15, 0.2) is 273 Å². The van der Waals surface area contributed by atoms with Gasteiger partial charge in [-0.3, -0.25) is 0 Å². The zero-order chi connectivity index (χ0) is 49.4. The summed E-state index contributed by atoms with van der Waals surface area (Å²) in [6.07, 6.45) is 0. The molecule has 0 bridgehead atoms. The molecular weight excluding hydrogens is 911 g/mol. The van der Waals surface area contributed by atoms with Gasteiger partial charge in [0.25, 0.3) is 0 Å². The van der Waals surface area contributed by atoms with E-state index in [1.807, 2.05) is 6.07 Å². The van der Waals surface area contributed by atoms with Gasteiger partial charge in [0.1, 0.15) is 0 Å². The molecule has 0 aliphatic carbocycles. The van der Waals surface area contributed by atoms with Gasteiger partial charge < -0.3 is 13.7 Å². The van der Waals surface area contributed by atoms with Crippen molar-refractivity contribution in [1.82, 2.24) is 23.7 Å². The Hall–Kier alpha value is -10.1. The second-order valence-electron chi connectivity index (χ2n) is 19.4. The number of fused-ring (bicyclic) bond motifs is 9. The van der Waals surface area contributed by atoms with Crippen LogP contribution in [0.25, 0.3) is 139 Å². The molecule has 11 aromatic carbocycles. The zero-order valence-corrected chi connectivity index (χ0v) is 40.7. The summed E-state index contributed by atoms with van der Waals surface area (Å²) < 4.78 is 7.20. The molecule has 0 aliphatic heterocycles. The van der Waals surface area contributed by atoms with E-state index in [4.69, 9.17) is 9.97 Å². The van der Waals surface area contributed by atoms with E-state index in [9.17, 15) is 0 Å². The quantitative estimate of drug-likeness (QED) is 0.152. The summed E-state index contributed by atoms with van der Waals surface area (Å²) >= 11 is 0. The van der Waals surface area contributed by atoms with Crippen molar-refractivity contribution in [2.45, 2.75) is 0 Å². The van der Waals surface area contributed by atoms with Crippen molar-refractivity contribution >= 4 is 65.4 Å². The molecule has 0 atom stereocenters. The van der Waals surface area contributed by atoms with Gasteiger partial charge >= 0.3 is 0 Å². The Morgan fingerprint density at radius 2 is 0.533 bits per heavy atom. The standard InChI is InChI=1S/C70H45N5/c1-4-16-46(17-5-1)47-28-30-49(31-29-47)63-45-62(48-18-6-2-7-19-48)71-70(72-63)50-32-36-54(37-33-50)74-68-40-35-52(51-34-39-67-59(42-51)58-24-12-15-27-66(58)73(67)53-20-8-3-9-21-53)43-60(68)61-44-55(38-41-69(61)74)75-64-25-13-10-22-56(64)57-23-11-14-26-65(57)75/h1-45H. The first-order chi connectivity index (χ1) is 37.2. The summed E-state index contributed by atoms with van der Waals surface area (Å²) in [6, 6.07) is 98.2. The minimum absolute atomic E-state index is 0.677. The molecule has 5 nitrogen and oxygen atoms in total. The maximum Gasteiger partial charge on any atom is 0.160 e. The van der Waals surface area contributed by atoms with E-state index in [1.54, 1.807) is 0 Å². The van der Waals surface area contributed by atoms with E-state index in [0.717, 1.165) is 56.2 Å². The third-order valence-corrected chi connectivity index (χ3v) is 15.1. The van der Waals surface area contributed by atoms with Crippen molar-refractivity contribution < 1.29 is 0 Å². The first-order valence-corrected chi connectivity index (χ1v) is 25.6. The largest absolute Gasteiger partial charge is 0.309 e. The van der Waals surface area contributed by atoms with E-state index in [2.05, 4.69) is 281 Å². The highest BCUT2D eigenvalue weighted by Crippen LogP contribution is 2.41. The monoisotopic (exact) mass is 955 g/mol. The van der Waals surface area contributed by atoms with Crippen LogP contribution >= 0.6 is 0 Å². The topological polar surface area (TPSA) is 40.6 Å². The lowest BCUT2D eigenvalue weighted by Crippen LogP contribution is -1.98. The van der Waals surface area contributed by atoms with Crippen LogP contribution in [0.3, 0.4) is 0 Å². The number of hydrogen-bond acceptors (Lipinski definition) is 2. The first kappa shape index (κ1) is 42.6. The van der Waals surface area contributed by atoms with Crippen molar-refractivity contribution in [2.75, 3.05) is 0 Å². The van der Waals surface area contributed by atoms with Crippen LogP contribution in [0.5, 0.6) is 0 Å². The molecule has 350 valence electrons. The van der Waals surface area contributed by atoms with Gasteiger partial charge in [0.2, 0.25) is 0 Å². The molecule has 0 amide bonds. The molecule has 0 saturated heterocycles. The highest BCUT2D eigenvalue weighted by atomic mass is 15.0. The van der Waals surface area contributed by atoms with Gasteiger partial charge in [-0.05, 0) is 125 Å². The number of aromatic nitrogens is 5. The second kappa shape index (κ2) is 17.3. The van der Waals surface area contributed by atoms with Gasteiger partial charge in [-0.1, -0.05) is 170 Å². The van der Waals surface area contributed by atoms with Crippen LogP contribution in [-0.4, -0.2) is 23.7 Å². The lowest BCUT2D eigenvalue weighted by molar-refractivity contribution is 1.16. The molecule has 15 aromatic rings. The van der Waals surface area contributed by atoms with Crippen molar-refractivity contribution in [1.29, 1.82) is 0 Å². The van der Waals surface area contributed by atoms with E-state index < -0.39 is 0 Å². The minimum Gasteiger partial charge on any atom is -0.309 e. The number of hydrogen-bond donors (Lipinski definition) is 0. The van der Waals surface area contributed by atoms with Crippen LogP contribution in [0.1, 0.15) is 0 Å². The Labute approximate surface area is 433 Å². The predicted octanol–water partition coefficient (Wildman–Crippen LogP) is 18.1. The number of nitrogens with zero attached hydrogens (tertiary/aromatic N) is 5. The molecule has 0 fully saturated rings. The fourth-order valence-corrected chi connectivity index (χ4v) is 11.5. The average molecular weight is 956 g/mol. The maximum atomic E-state index is 5.24. The maximum absolute atomic E-state index is 5.24. The van der Waals surface area contributed by atoms with E-state index in [1.165, 1.54) is 76.6 Å². The lowest BCUT2D eigenvalue weighted by atomic mass is 10.0. The molecule has 0 unspecified atom stereocenters. The smallest absolute Gasteiger partial charge is 0.160 e. The zero-order valence-electron chi connectivity index (χ0n) is 40.7. The fraction of sp³-hybridized carbons (Fsp3) is 0. The van der Waals surface area contributed by atoms with Gasteiger partial charge in [-0.2, -0.15) is 0 Å². The van der Waals surface area contributed by atoms with Gasteiger partial charge in [0, 0.05) is 66.1 Å². The summed E-state index contributed by atoms with van der Waals surface area (Å²) in [5, 5.41) is 7.32. The summed E-state index contributed by atoms with van der Waals surface area (Å²) in [4.78, 5) is 10.4. The Morgan fingerprint density at radius 3 is 1.09 bits per heavy atom. The third-order valence-electron chi connectivity index (χ3n) is 15.1. The highest BCUT2D eigenvalue weighted by molar-refractivity contribution is 6.14. The van der Waals surface area contributed by atoms with Crippen LogP contribution < -0.4 is 0 Å². The summed E-state index contributed by atoms with van der Waals surface area (Å²) in [5.74, 6) is 0.677. The van der Waals surface area contributed by atoms with E-state index in [0.29, 0.717) is 5.82 Å². The van der Waals surface area contributed by atoms with Gasteiger partial charge in [0.15, 0.2) is 5.82 Å². The van der Waals surface area contributed by atoms with Gasteiger partial charge in [0.05, 0.1) is 44.5 Å². The lowest BCUT2D eigenvalue weighted by Gasteiger charge is -2.12. The van der Waals surface area contributed by atoms with Crippen molar-refractivity contribution in [3.05, 3.63) is 273 Å².